The van der Waals surface area contributed by atoms with Crippen molar-refractivity contribution >= 4 is 5.91 Å². The summed E-state index contributed by atoms with van der Waals surface area (Å²) in [4.78, 5) is 17.7. The first-order chi connectivity index (χ1) is 7.31. The molecule has 15 heavy (non-hydrogen) atoms. The van der Waals surface area contributed by atoms with E-state index in [4.69, 9.17) is 5.11 Å². The number of carbonyl (C=O) groups is 1. The summed E-state index contributed by atoms with van der Waals surface area (Å²) in [6.07, 6.45) is 2.50. The number of amides is 1. The van der Waals surface area contributed by atoms with Gasteiger partial charge >= 0.3 is 0 Å². The summed E-state index contributed by atoms with van der Waals surface area (Å²) in [6, 6.07) is 5.31. The third-order valence-electron chi connectivity index (χ3n) is 2.72. The topological polar surface area (TPSA) is 53.4 Å². The van der Waals surface area contributed by atoms with E-state index in [1.807, 2.05) is 0 Å². The Bertz CT molecular complexity index is 340. The molecule has 1 aliphatic heterocycles. The molecule has 0 aromatic carbocycles. The van der Waals surface area contributed by atoms with Gasteiger partial charge in [-0.05, 0) is 18.6 Å². The predicted octanol–water partition coefficient (Wildman–Crippen LogP) is 0.536. The van der Waals surface area contributed by atoms with Crippen LogP contribution in [0.3, 0.4) is 0 Å². The molecule has 1 atom stereocenters. The number of aliphatic hydroxyl groups excluding tert-OH is 1. The van der Waals surface area contributed by atoms with Crippen molar-refractivity contribution in [2.45, 2.75) is 6.42 Å². The Morgan fingerprint density at radius 2 is 2.47 bits per heavy atom. The fraction of sp³-hybridized carbons (Fsp3) is 0.455. The van der Waals surface area contributed by atoms with Gasteiger partial charge in [-0.15, -0.1) is 0 Å². The highest BCUT2D eigenvalue weighted by Gasteiger charge is 2.26. The number of aliphatic hydroxyl groups is 1. The monoisotopic (exact) mass is 206 g/mol. The average Bonchev–Trinajstić information content (AvgIpc) is 2.78. The minimum Gasteiger partial charge on any atom is -0.396 e. The number of aromatic nitrogens is 1. The Morgan fingerprint density at radius 1 is 1.60 bits per heavy atom. The van der Waals surface area contributed by atoms with Crippen molar-refractivity contribution < 1.29 is 9.90 Å². The first kappa shape index (κ1) is 10.1. The molecule has 0 bridgehead atoms. The summed E-state index contributed by atoms with van der Waals surface area (Å²) in [5, 5.41) is 8.98. The van der Waals surface area contributed by atoms with Crippen LogP contribution in [0.25, 0.3) is 0 Å². The molecule has 1 unspecified atom stereocenters. The summed E-state index contributed by atoms with van der Waals surface area (Å²) < 4.78 is 0. The molecular weight excluding hydrogens is 192 g/mol. The normalized spacial score (nSPS) is 20.6. The third kappa shape index (κ3) is 2.15. The lowest BCUT2D eigenvalue weighted by molar-refractivity contribution is 0.0776. The van der Waals surface area contributed by atoms with Gasteiger partial charge in [-0.1, -0.05) is 6.07 Å². The number of nitrogens with zero attached hydrogens (tertiary/aromatic N) is 2. The quantitative estimate of drug-likeness (QED) is 0.768. The molecule has 1 aliphatic rings. The zero-order chi connectivity index (χ0) is 10.7. The van der Waals surface area contributed by atoms with Crippen LogP contribution in [-0.4, -0.2) is 40.6 Å². The van der Waals surface area contributed by atoms with Crippen LogP contribution < -0.4 is 0 Å². The van der Waals surface area contributed by atoms with Crippen LogP contribution in [0, 0.1) is 5.92 Å². The third-order valence-corrected chi connectivity index (χ3v) is 2.72. The number of pyridine rings is 1. The number of carbonyl (C=O) groups excluding carboxylic acids is 1. The standard InChI is InChI=1S/C11H14N2O2/c14-8-9-4-6-13(7-9)11(15)10-3-1-2-5-12-10/h1-3,5,9,14H,4,6-8H2. The van der Waals surface area contributed by atoms with Crippen molar-refractivity contribution in [3.05, 3.63) is 30.1 Å². The van der Waals surface area contributed by atoms with E-state index in [-0.39, 0.29) is 18.4 Å². The van der Waals surface area contributed by atoms with Crippen molar-refractivity contribution in [1.82, 2.24) is 9.88 Å². The number of rotatable bonds is 2. The summed E-state index contributed by atoms with van der Waals surface area (Å²) in [7, 11) is 0. The Hall–Kier alpha value is -1.42. The van der Waals surface area contributed by atoms with Crippen LogP contribution in [0.15, 0.2) is 24.4 Å². The number of likely N-dealkylation sites (tertiary alicyclic amines) is 1. The molecule has 2 rings (SSSR count). The lowest BCUT2D eigenvalue weighted by atomic mass is 10.1. The summed E-state index contributed by atoms with van der Waals surface area (Å²) in [5.74, 6) is 0.198. The van der Waals surface area contributed by atoms with Crippen LogP contribution in [0.5, 0.6) is 0 Å². The van der Waals surface area contributed by atoms with Crippen LogP contribution in [0.2, 0.25) is 0 Å². The van der Waals surface area contributed by atoms with E-state index >= 15 is 0 Å². The van der Waals surface area contributed by atoms with Gasteiger partial charge in [0.25, 0.3) is 5.91 Å². The van der Waals surface area contributed by atoms with Gasteiger partial charge in [0.05, 0.1) is 0 Å². The minimum atomic E-state index is -0.0356. The fourth-order valence-electron chi connectivity index (χ4n) is 1.82. The molecule has 0 saturated carbocycles. The van der Waals surface area contributed by atoms with E-state index < -0.39 is 0 Å². The molecule has 4 nitrogen and oxygen atoms in total. The molecule has 4 heteroatoms. The van der Waals surface area contributed by atoms with Crippen molar-refractivity contribution in [1.29, 1.82) is 0 Å². The van der Waals surface area contributed by atoms with E-state index in [1.165, 1.54) is 0 Å². The SMILES string of the molecule is O=C(c1ccccn1)N1CCC(CO)C1. The maximum atomic E-state index is 11.9. The van der Waals surface area contributed by atoms with E-state index in [9.17, 15) is 4.79 Å². The molecule has 1 aromatic rings. The number of hydrogen-bond acceptors (Lipinski definition) is 3. The zero-order valence-corrected chi connectivity index (χ0v) is 8.47. The molecule has 1 N–H and O–H groups in total. The molecule has 2 heterocycles. The van der Waals surface area contributed by atoms with Crippen LogP contribution in [0.1, 0.15) is 16.9 Å². The lowest BCUT2D eigenvalue weighted by Gasteiger charge is -2.15. The van der Waals surface area contributed by atoms with Crippen molar-refractivity contribution in [3.8, 4) is 0 Å². The Balaban J connectivity index is 2.04. The maximum Gasteiger partial charge on any atom is 0.272 e. The molecule has 80 valence electrons. The van der Waals surface area contributed by atoms with Gasteiger partial charge < -0.3 is 10.0 Å². The molecule has 0 spiro atoms. The second-order valence-electron chi connectivity index (χ2n) is 3.80. The Labute approximate surface area is 88.6 Å². The first-order valence-electron chi connectivity index (χ1n) is 5.12. The molecular formula is C11H14N2O2. The average molecular weight is 206 g/mol. The van der Waals surface area contributed by atoms with Gasteiger partial charge in [-0.25, -0.2) is 0 Å². The molecule has 1 amide bonds. The lowest BCUT2D eigenvalue weighted by Crippen LogP contribution is -2.29. The van der Waals surface area contributed by atoms with E-state index in [0.29, 0.717) is 12.2 Å². The van der Waals surface area contributed by atoms with Crippen LogP contribution >= 0.6 is 0 Å². The zero-order valence-electron chi connectivity index (χ0n) is 8.47. The van der Waals surface area contributed by atoms with E-state index in [1.54, 1.807) is 29.3 Å². The Kier molecular flexibility index (Phi) is 2.97. The second-order valence-corrected chi connectivity index (χ2v) is 3.80. The van der Waals surface area contributed by atoms with Gasteiger partial charge in [0.1, 0.15) is 5.69 Å². The van der Waals surface area contributed by atoms with Crippen LogP contribution in [0.4, 0.5) is 0 Å². The first-order valence-corrected chi connectivity index (χ1v) is 5.12. The second kappa shape index (κ2) is 4.40. The van der Waals surface area contributed by atoms with Crippen molar-refractivity contribution in [3.63, 3.8) is 0 Å². The predicted molar refractivity (Wildman–Crippen MR) is 55.3 cm³/mol. The molecule has 1 aromatic heterocycles. The van der Waals surface area contributed by atoms with E-state index in [2.05, 4.69) is 4.98 Å². The van der Waals surface area contributed by atoms with Gasteiger partial charge in [0.15, 0.2) is 0 Å². The highest BCUT2D eigenvalue weighted by atomic mass is 16.3. The number of hydrogen-bond donors (Lipinski definition) is 1. The summed E-state index contributed by atoms with van der Waals surface area (Å²) >= 11 is 0. The van der Waals surface area contributed by atoms with Gasteiger partial charge in [-0.2, -0.15) is 0 Å². The Morgan fingerprint density at radius 3 is 3.07 bits per heavy atom. The highest BCUT2D eigenvalue weighted by Crippen LogP contribution is 2.17. The largest absolute Gasteiger partial charge is 0.396 e. The van der Waals surface area contributed by atoms with Crippen molar-refractivity contribution in [2.24, 2.45) is 5.92 Å². The highest BCUT2D eigenvalue weighted by molar-refractivity contribution is 5.92. The van der Waals surface area contributed by atoms with E-state index in [0.717, 1.165) is 13.0 Å². The minimum absolute atomic E-state index is 0.0356. The van der Waals surface area contributed by atoms with Gasteiger partial charge in [0.2, 0.25) is 0 Å². The fourth-order valence-corrected chi connectivity index (χ4v) is 1.82. The van der Waals surface area contributed by atoms with Crippen LogP contribution in [-0.2, 0) is 0 Å². The van der Waals surface area contributed by atoms with Crippen molar-refractivity contribution in [2.75, 3.05) is 19.7 Å². The smallest absolute Gasteiger partial charge is 0.272 e. The molecule has 0 radical (unpaired) electrons. The summed E-state index contributed by atoms with van der Waals surface area (Å²) in [5.41, 5.74) is 0.482. The summed E-state index contributed by atoms with van der Waals surface area (Å²) in [6.45, 7) is 1.53. The van der Waals surface area contributed by atoms with Gasteiger partial charge in [-0.3, -0.25) is 9.78 Å². The molecule has 1 saturated heterocycles. The molecule has 0 aliphatic carbocycles. The van der Waals surface area contributed by atoms with Gasteiger partial charge in [0, 0.05) is 31.8 Å². The maximum absolute atomic E-state index is 11.9. The molecule has 1 fully saturated rings.